The molecule has 6 N–H and O–H groups in total. The van der Waals surface area contributed by atoms with Crippen molar-refractivity contribution in [3.05, 3.63) is 46.8 Å². The fraction of sp³-hybridized carbons (Fsp3) is 0.312. The van der Waals surface area contributed by atoms with Gasteiger partial charge in [-0.2, -0.15) is 0 Å². The standard InChI is InChI=1S/C9H6O2.C6H13N3OS.CH5N/c10-9-6-5-7-3-1-2-4-8(7)11-9;1-10-5(11)3-2-4-9-6(7)8;1-2/h1-6H;2-4H2,1H3,(H4,7,8,9);2H2,1H3. The van der Waals surface area contributed by atoms with Gasteiger partial charge in [0.2, 0.25) is 0 Å². The summed E-state index contributed by atoms with van der Waals surface area (Å²) < 4.78 is 9.68. The van der Waals surface area contributed by atoms with Crippen LogP contribution in [0.2, 0.25) is 0 Å². The van der Waals surface area contributed by atoms with Crippen LogP contribution in [0.25, 0.3) is 11.0 Å². The average Bonchev–Trinajstić information content (AvgIpc) is 2.60. The third kappa shape index (κ3) is 9.54. The van der Waals surface area contributed by atoms with E-state index in [-0.39, 0.29) is 11.6 Å². The molecular formula is C16H24N4O3S. The summed E-state index contributed by atoms with van der Waals surface area (Å²) in [6.07, 6.45) is 1.55. The molecule has 1 aromatic heterocycles. The molecular weight excluding hydrogens is 328 g/mol. The summed E-state index contributed by atoms with van der Waals surface area (Å²) in [6, 6.07) is 10.6. The van der Waals surface area contributed by atoms with Gasteiger partial charge in [0.25, 0.3) is 0 Å². The molecule has 0 aliphatic rings. The van der Waals surface area contributed by atoms with Crippen LogP contribution in [0.5, 0.6) is 0 Å². The Hall–Kier alpha value is -2.45. The van der Waals surface area contributed by atoms with Gasteiger partial charge in [-0.3, -0.25) is 4.99 Å². The first-order valence-corrected chi connectivity index (χ1v) is 7.62. The third-order valence-corrected chi connectivity index (χ3v) is 2.96. The summed E-state index contributed by atoms with van der Waals surface area (Å²) in [4.78, 5) is 14.5. The molecule has 132 valence electrons. The van der Waals surface area contributed by atoms with Crippen LogP contribution >= 0.6 is 12.2 Å². The highest BCUT2D eigenvalue weighted by Crippen LogP contribution is 2.08. The summed E-state index contributed by atoms with van der Waals surface area (Å²) in [7, 11) is 3.06. The van der Waals surface area contributed by atoms with E-state index in [0.717, 1.165) is 18.2 Å². The van der Waals surface area contributed by atoms with Crippen molar-refractivity contribution in [2.75, 3.05) is 20.7 Å². The Morgan fingerprint density at radius 1 is 1.21 bits per heavy atom. The highest BCUT2D eigenvalue weighted by atomic mass is 32.1. The number of aliphatic imine (C=N–C) groups is 1. The van der Waals surface area contributed by atoms with Gasteiger partial charge in [0, 0.05) is 24.4 Å². The van der Waals surface area contributed by atoms with Gasteiger partial charge >= 0.3 is 5.63 Å². The van der Waals surface area contributed by atoms with Gasteiger partial charge in [-0.25, -0.2) is 4.79 Å². The second-order valence-electron chi connectivity index (χ2n) is 4.28. The van der Waals surface area contributed by atoms with Crippen molar-refractivity contribution in [1.82, 2.24) is 0 Å². The second-order valence-corrected chi connectivity index (χ2v) is 4.73. The number of para-hydroxylation sites is 1. The number of methoxy groups -OCH3 is 1. The molecule has 24 heavy (non-hydrogen) atoms. The molecule has 0 radical (unpaired) electrons. The van der Waals surface area contributed by atoms with Crippen LogP contribution in [-0.2, 0) is 4.74 Å². The van der Waals surface area contributed by atoms with E-state index in [4.69, 9.17) is 32.8 Å². The molecule has 0 unspecified atom stereocenters. The molecule has 1 aromatic carbocycles. The maximum atomic E-state index is 10.7. The Kier molecular flexibility index (Phi) is 11.7. The predicted molar refractivity (Wildman–Crippen MR) is 102 cm³/mol. The number of hydrogen-bond donors (Lipinski definition) is 3. The van der Waals surface area contributed by atoms with Gasteiger partial charge in [-0.15, -0.1) is 0 Å². The molecule has 7 nitrogen and oxygen atoms in total. The number of rotatable bonds is 4. The number of benzene rings is 1. The second kappa shape index (κ2) is 13.0. The van der Waals surface area contributed by atoms with E-state index in [1.54, 1.807) is 19.2 Å². The Labute approximate surface area is 146 Å². The molecule has 0 aliphatic carbocycles. The van der Waals surface area contributed by atoms with Crippen molar-refractivity contribution >= 4 is 34.2 Å². The van der Waals surface area contributed by atoms with Crippen molar-refractivity contribution in [3.8, 4) is 0 Å². The van der Waals surface area contributed by atoms with E-state index < -0.39 is 0 Å². The van der Waals surface area contributed by atoms with E-state index in [1.807, 2.05) is 18.2 Å². The lowest BCUT2D eigenvalue weighted by atomic mass is 10.2. The van der Waals surface area contributed by atoms with Gasteiger partial charge in [0.15, 0.2) is 11.0 Å². The van der Waals surface area contributed by atoms with Crippen molar-refractivity contribution in [1.29, 1.82) is 0 Å². The topological polar surface area (TPSA) is 130 Å². The molecule has 0 bridgehead atoms. The normalized spacial score (nSPS) is 8.96. The van der Waals surface area contributed by atoms with E-state index in [0.29, 0.717) is 17.2 Å². The lowest BCUT2D eigenvalue weighted by Gasteiger charge is -1.99. The molecule has 0 spiro atoms. The molecule has 2 rings (SSSR count). The third-order valence-electron chi connectivity index (χ3n) is 2.59. The fourth-order valence-corrected chi connectivity index (χ4v) is 1.69. The van der Waals surface area contributed by atoms with Crippen LogP contribution in [0.15, 0.2) is 50.6 Å². The van der Waals surface area contributed by atoms with Gasteiger partial charge < -0.3 is 26.4 Å². The van der Waals surface area contributed by atoms with Crippen LogP contribution in [0, 0.1) is 0 Å². The molecule has 8 heteroatoms. The largest absolute Gasteiger partial charge is 0.490 e. The van der Waals surface area contributed by atoms with Crippen molar-refractivity contribution in [2.45, 2.75) is 12.8 Å². The first-order chi connectivity index (χ1) is 11.5. The molecule has 0 saturated heterocycles. The lowest BCUT2D eigenvalue weighted by Crippen LogP contribution is -2.23. The average molecular weight is 352 g/mol. The Bertz CT molecular complexity index is 697. The summed E-state index contributed by atoms with van der Waals surface area (Å²) in [6.45, 7) is 0.603. The SMILES string of the molecule is CN.COC(=S)CCCN=C(N)N.O=c1ccc2ccccc2o1. The molecule has 1 heterocycles. The molecule has 0 atom stereocenters. The predicted octanol–water partition coefficient (Wildman–Crippen LogP) is 1.38. The summed E-state index contributed by atoms with van der Waals surface area (Å²) in [5.41, 5.74) is 15.0. The maximum Gasteiger partial charge on any atom is 0.336 e. The summed E-state index contributed by atoms with van der Waals surface area (Å²) in [5.74, 6) is 0.119. The Balaban J connectivity index is 0.000000400. The molecule has 2 aromatic rings. The number of guanidine groups is 1. The van der Waals surface area contributed by atoms with Crippen LogP contribution < -0.4 is 22.8 Å². The summed E-state index contributed by atoms with van der Waals surface area (Å²) in [5, 5.41) is 1.54. The van der Waals surface area contributed by atoms with E-state index in [9.17, 15) is 4.79 Å². The smallest absolute Gasteiger partial charge is 0.336 e. The lowest BCUT2D eigenvalue weighted by molar-refractivity contribution is 0.401. The minimum absolute atomic E-state index is 0.119. The zero-order valence-corrected chi connectivity index (χ0v) is 14.7. The zero-order chi connectivity index (χ0) is 18.4. The molecule has 0 saturated carbocycles. The minimum Gasteiger partial charge on any atom is -0.490 e. The van der Waals surface area contributed by atoms with Crippen LogP contribution in [0.1, 0.15) is 12.8 Å². The minimum atomic E-state index is -0.302. The van der Waals surface area contributed by atoms with Gasteiger partial charge in [-0.05, 0) is 37.8 Å². The Morgan fingerprint density at radius 2 is 1.88 bits per heavy atom. The number of thiocarbonyl (C=S) groups is 1. The number of ether oxygens (including phenoxy) is 1. The van der Waals surface area contributed by atoms with Crippen LogP contribution in [-0.4, -0.2) is 31.7 Å². The molecule has 0 aliphatic heterocycles. The van der Waals surface area contributed by atoms with Gasteiger partial charge in [0.1, 0.15) is 5.58 Å². The van der Waals surface area contributed by atoms with Crippen molar-refractivity contribution < 1.29 is 9.15 Å². The number of nitrogens with two attached hydrogens (primary N) is 3. The molecule has 0 fully saturated rings. The van der Waals surface area contributed by atoms with Gasteiger partial charge in [-0.1, -0.05) is 18.2 Å². The number of nitrogens with zero attached hydrogens (tertiary/aromatic N) is 1. The fourth-order valence-electron chi connectivity index (χ4n) is 1.54. The number of hydrogen-bond acceptors (Lipinski definition) is 6. The van der Waals surface area contributed by atoms with Crippen molar-refractivity contribution in [2.24, 2.45) is 22.2 Å². The van der Waals surface area contributed by atoms with Crippen LogP contribution in [0.3, 0.4) is 0 Å². The quantitative estimate of drug-likeness (QED) is 0.249. The van der Waals surface area contributed by atoms with E-state index in [1.165, 1.54) is 13.1 Å². The van der Waals surface area contributed by atoms with Gasteiger partial charge in [0.05, 0.1) is 7.11 Å². The monoisotopic (exact) mass is 352 g/mol. The van der Waals surface area contributed by atoms with E-state index >= 15 is 0 Å². The first-order valence-electron chi connectivity index (χ1n) is 7.21. The number of fused-ring (bicyclic) bond motifs is 1. The van der Waals surface area contributed by atoms with Crippen LogP contribution in [0.4, 0.5) is 0 Å². The molecule has 0 amide bonds. The maximum absolute atomic E-state index is 10.7. The zero-order valence-electron chi connectivity index (χ0n) is 13.9. The summed E-state index contributed by atoms with van der Waals surface area (Å²) >= 11 is 4.80. The first kappa shape index (κ1) is 21.6. The van der Waals surface area contributed by atoms with Crippen molar-refractivity contribution in [3.63, 3.8) is 0 Å². The highest BCUT2D eigenvalue weighted by molar-refractivity contribution is 7.80. The van der Waals surface area contributed by atoms with E-state index in [2.05, 4.69) is 10.7 Å². The highest BCUT2D eigenvalue weighted by Gasteiger charge is 1.93. The Morgan fingerprint density at radius 3 is 2.50 bits per heavy atom.